The second kappa shape index (κ2) is 8.78. The molecule has 3 aromatic rings. The molecule has 1 aliphatic rings. The summed E-state index contributed by atoms with van der Waals surface area (Å²) >= 11 is 0. The van der Waals surface area contributed by atoms with Crippen LogP contribution in [-0.4, -0.2) is 48.5 Å². The summed E-state index contributed by atoms with van der Waals surface area (Å²) in [6, 6.07) is 12.6. The first-order valence-corrected chi connectivity index (χ1v) is 12.3. The summed E-state index contributed by atoms with van der Waals surface area (Å²) in [5, 5.41) is 3.20. The van der Waals surface area contributed by atoms with Crippen LogP contribution in [0.4, 0.5) is 5.69 Å². The Balaban J connectivity index is 1.58. The van der Waals surface area contributed by atoms with E-state index in [-0.39, 0.29) is 17.3 Å². The first-order chi connectivity index (χ1) is 15.2. The molecule has 0 spiro atoms. The fourth-order valence-electron chi connectivity index (χ4n) is 4.30. The number of para-hydroxylation sites is 1. The minimum absolute atomic E-state index is 0.0280. The summed E-state index contributed by atoms with van der Waals surface area (Å²) in [6.07, 6.45) is 3.47. The molecule has 0 atom stereocenters. The third-order valence-electron chi connectivity index (χ3n) is 5.68. The maximum absolute atomic E-state index is 13.2. The van der Waals surface area contributed by atoms with Crippen LogP contribution in [0.1, 0.15) is 24.0 Å². The van der Waals surface area contributed by atoms with Crippen molar-refractivity contribution in [1.82, 2.24) is 9.47 Å². The Labute approximate surface area is 187 Å². The minimum Gasteiger partial charge on any atom is -0.341 e. The molecule has 0 radical (unpaired) electrons. The Morgan fingerprint density at radius 2 is 1.66 bits per heavy atom. The SMILES string of the molecule is Cc1cc(C)cc(NC(=O)CS(=O)(=O)c2cn(CC(=O)N3CCCC3)c3ccccc23)c1. The molecule has 2 amide bonds. The zero-order valence-corrected chi connectivity index (χ0v) is 19.1. The van der Waals surface area contributed by atoms with Crippen molar-refractivity contribution in [2.24, 2.45) is 0 Å². The highest BCUT2D eigenvalue weighted by Crippen LogP contribution is 2.27. The van der Waals surface area contributed by atoms with E-state index in [0.717, 1.165) is 37.1 Å². The lowest BCUT2D eigenvalue weighted by Gasteiger charge is -2.15. The van der Waals surface area contributed by atoms with Gasteiger partial charge in [-0.25, -0.2) is 8.42 Å². The maximum atomic E-state index is 13.2. The zero-order chi connectivity index (χ0) is 22.9. The van der Waals surface area contributed by atoms with E-state index in [9.17, 15) is 18.0 Å². The van der Waals surface area contributed by atoms with E-state index in [1.54, 1.807) is 39.8 Å². The molecule has 168 valence electrons. The van der Waals surface area contributed by atoms with Crippen LogP contribution in [0, 0.1) is 13.8 Å². The van der Waals surface area contributed by atoms with Gasteiger partial charge < -0.3 is 14.8 Å². The molecule has 1 N–H and O–H groups in total. The molecule has 2 heterocycles. The number of carbonyl (C=O) groups is 2. The second-order valence-corrected chi connectivity index (χ2v) is 10.4. The lowest BCUT2D eigenvalue weighted by atomic mass is 10.1. The second-order valence-electron chi connectivity index (χ2n) is 8.41. The van der Waals surface area contributed by atoms with Gasteiger partial charge in [-0.1, -0.05) is 24.3 Å². The minimum atomic E-state index is -3.92. The van der Waals surface area contributed by atoms with Gasteiger partial charge in [0.2, 0.25) is 11.8 Å². The van der Waals surface area contributed by atoms with Crippen molar-refractivity contribution >= 4 is 38.2 Å². The molecular weight excluding hydrogens is 426 g/mol. The van der Waals surface area contributed by atoms with Crippen molar-refractivity contribution in [2.75, 3.05) is 24.2 Å². The van der Waals surface area contributed by atoms with Gasteiger partial charge in [0.05, 0.1) is 4.90 Å². The molecular formula is C24H27N3O4S. The quantitative estimate of drug-likeness (QED) is 0.620. The molecule has 8 heteroatoms. The fourth-order valence-corrected chi connectivity index (χ4v) is 5.67. The number of sulfone groups is 1. The van der Waals surface area contributed by atoms with E-state index >= 15 is 0 Å². The molecule has 4 rings (SSSR count). The van der Waals surface area contributed by atoms with Gasteiger partial charge in [0.25, 0.3) is 0 Å². The fraction of sp³-hybridized carbons (Fsp3) is 0.333. The summed E-state index contributed by atoms with van der Waals surface area (Å²) in [6.45, 7) is 5.38. The van der Waals surface area contributed by atoms with E-state index in [2.05, 4.69) is 5.32 Å². The molecule has 7 nitrogen and oxygen atoms in total. The van der Waals surface area contributed by atoms with Gasteiger partial charge in [-0.3, -0.25) is 9.59 Å². The molecule has 1 aromatic heterocycles. The van der Waals surface area contributed by atoms with Crippen LogP contribution < -0.4 is 5.32 Å². The molecule has 32 heavy (non-hydrogen) atoms. The van der Waals surface area contributed by atoms with Crippen LogP contribution >= 0.6 is 0 Å². The maximum Gasteiger partial charge on any atom is 0.242 e. The number of nitrogens with zero attached hydrogens (tertiary/aromatic N) is 2. The lowest BCUT2D eigenvalue weighted by molar-refractivity contribution is -0.130. The van der Waals surface area contributed by atoms with E-state index < -0.39 is 21.5 Å². The predicted molar refractivity (Wildman–Crippen MR) is 124 cm³/mol. The first-order valence-electron chi connectivity index (χ1n) is 10.7. The van der Waals surface area contributed by atoms with Gasteiger partial charge in [-0.2, -0.15) is 0 Å². The summed E-state index contributed by atoms with van der Waals surface area (Å²) < 4.78 is 28.0. The van der Waals surface area contributed by atoms with Crippen molar-refractivity contribution in [1.29, 1.82) is 0 Å². The first kappa shape index (κ1) is 22.1. The van der Waals surface area contributed by atoms with Crippen LogP contribution in [0.15, 0.2) is 53.6 Å². The highest BCUT2D eigenvalue weighted by Gasteiger charge is 2.26. The number of hydrogen-bond donors (Lipinski definition) is 1. The molecule has 2 aromatic carbocycles. The number of nitrogens with one attached hydrogen (secondary N) is 1. The van der Waals surface area contributed by atoms with Gasteiger partial charge in [0.15, 0.2) is 9.84 Å². The Bertz CT molecular complexity index is 1270. The van der Waals surface area contributed by atoms with Crippen molar-refractivity contribution in [3.05, 3.63) is 59.8 Å². The smallest absolute Gasteiger partial charge is 0.242 e. The van der Waals surface area contributed by atoms with Crippen molar-refractivity contribution in [3.63, 3.8) is 0 Å². The van der Waals surface area contributed by atoms with Crippen LogP contribution in [0.5, 0.6) is 0 Å². The number of carbonyl (C=O) groups excluding carboxylic acids is 2. The largest absolute Gasteiger partial charge is 0.341 e. The number of aryl methyl sites for hydroxylation is 2. The van der Waals surface area contributed by atoms with Crippen molar-refractivity contribution in [3.8, 4) is 0 Å². The lowest BCUT2D eigenvalue weighted by Crippen LogP contribution is -2.30. The topological polar surface area (TPSA) is 88.5 Å². The van der Waals surface area contributed by atoms with Crippen molar-refractivity contribution < 1.29 is 18.0 Å². The van der Waals surface area contributed by atoms with Gasteiger partial charge in [0.1, 0.15) is 12.3 Å². The number of anilines is 1. The number of likely N-dealkylation sites (tertiary alicyclic amines) is 1. The Hall–Kier alpha value is -3.13. The predicted octanol–water partition coefficient (Wildman–Crippen LogP) is 3.29. The van der Waals surface area contributed by atoms with E-state index in [0.29, 0.717) is 16.6 Å². The monoisotopic (exact) mass is 453 g/mol. The Morgan fingerprint density at radius 1 is 1.00 bits per heavy atom. The highest BCUT2D eigenvalue weighted by atomic mass is 32.2. The number of aromatic nitrogens is 1. The normalized spacial score (nSPS) is 14.1. The molecule has 1 saturated heterocycles. The van der Waals surface area contributed by atoms with Gasteiger partial charge in [-0.05, 0) is 56.0 Å². The van der Waals surface area contributed by atoms with Gasteiger partial charge in [0, 0.05) is 35.9 Å². The van der Waals surface area contributed by atoms with Crippen LogP contribution in [0.25, 0.3) is 10.9 Å². The summed E-state index contributed by atoms with van der Waals surface area (Å²) in [4.78, 5) is 27.1. The zero-order valence-electron chi connectivity index (χ0n) is 18.3. The Kier molecular flexibility index (Phi) is 6.06. The van der Waals surface area contributed by atoms with Gasteiger partial charge >= 0.3 is 0 Å². The number of benzene rings is 2. The molecule has 0 aliphatic carbocycles. The summed E-state index contributed by atoms with van der Waals surface area (Å²) in [7, 11) is -3.92. The third kappa shape index (κ3) is 4.70. The van der Waals surface area contributed by atoms with Crippen molar-refractivity contribution in [2.45, 2.75) is 38.1 Å². The average molecular weight is 454 g/mol. The number of amides is 2. The molecule has 0 bridgehead atoms. The summed E-state index contributed by atoms with van der Waals surface area (Å²) in [5.74, 6) is -1.30. The van der Waals surface area contributed by atoms with E-state index in [1.807, 2.05) is 26.0 Å². The molecule has 1 aliphatic heterocycles. The van der Waals surface area contributed by atoms with Crippen LogP contribution in [0.3, 0.4) is 0 Å². The number of hydrogen-bond acceptors (Lipinski definition) is 4. The third-order valence-corrected chi connectivity index (χ3v) is 7.32. The van der Waals surface area contributed by atoms with Crippen LogP contribution in [-0.2, 0) is 26.0 Å². The van der Waals surface area contributed by atoms with Gasteiger partial charge in [-0.15, -0.1) is 0 Å². The standard InChI is InChI=1S/C24H27N3O4S/c1-17-11-18(2)13-19(12-17)25-23(28)16-32(30,31)22-14-27(21-8-4-3-7-20(21)22)15-24(29)26-9-5-6-10-26/h3-4,7-8,11-14H,5-6,9-10,15-16H2,1-2H3,(H,25,28). The van der Waals surface area contributed by atoms with E-state index in [4.69, 9.17) is 0 Å². The number of rotatable bonds is 6. The Morgan fingerprint density at radius 3 is 2.34 bits per heavy atom. The number of fused-ring (bicyclic) bond motifs is 1. The average Bonchev–Trinajstić information content (AvgIpc) is 3.35. The highest BCUT2D eigenvalue weighted by molar-refractivity contribution is 7.92. The van der Waals surface area contributed by atoms with Crippen LogP contribution in [0.2, 0.25) is 0 Å². The molecule has 0 saturated carbocycles. The van der Waals surface area contributed by atoms with E-state index in [1.165, 1.54) is 6.20 Å². The summed E-state index contributed by atoms with van der Waals surface area (Å²) in [5.41, 5.74) is 3.19. The molecule has 1 fully saturated rings. The molecule has 0 unspecified atom stereocenters.